The van der Waals surface area contributed by atoms with Gasteiger partial charge in [0.15, 0.2) is 0 Å². The number of aliphatic hydroxyl groups is 1. The molecule has 2 N–H and O–H groups in total. The summed E-state index contributed by atoms with van der Waals surface area (Å²) < 4.78 is 0. The number of hydrogen-bond donors (Lipinski definition) is 2. The summed E-state index contributed by atoms with van der Waals surface area (Å²) >= 11 is 1.49. The Labute approximate surface area is 139 Å². The summed E-state index contributed by atoms with van der Waals surface area (Å²) in [5, 5.41) is 17.4. The molecule has 0 aliphatic rings. The fraction of sp³-hybridized carbons (Fsp3) is 0.211. The van der Waals surface area contributed by atoms with Gasteiger partial charge in [0.2, 0.25) is 5.91 Å². The minimum atomic E-state index is -1.04. The van der Waals surface area contributed by atoms with Crippen molar-refractivity contribution in [2.24, 2.45) is 0 Å². The normalized spacial score (nSPS) is 13.7. The lowest BCUT2D eigenvalue weighted by Crippen LogP contribution is -2.38. The zero-order valence-electron chi connectivity index (χ0n) is 13.0. The van der Waals surface area contributed by atoms with E-state index in [0.717, 1.165) is 21.2 Å². The molecule has 0 aliphatic heterocycles. The van der Waals surface area contributed by atoms with E-state index in [9.17, 15) is 9.90 Å². The molecule has 1 atom stereocenters. The number of amides is 1. The third kappa shape index (κ3) is 3.60. The Kier molecular flexibility index (Phi) is 4.46. The van der Waals surface area contributed by atoms with Crippen molar-refractivity contribution in [3.63, 3.8) is 0 Å². The van der Waals surface area contributed by atoms with Crippen LogP contribution in [0.4, 0.5) is 0 Å². The molecule has 1 amide bonds. The van der Waals surface area contributed by atoms with Gasteiger partial charge < -0.3 is 10.4 Å². The van der Waals surface area contributed by atoms with Crippen molar-refractivity contribution in [1.29, 1.82) is 0 Å². The first-order valence-electron chi connectivity index (χ1n) is 7.56. The fourth-order valence-corrected chi connectivity index (χ4v) is 3.41. The number of fused-ring (bicyclic) bond motifs is 1. The molecule has 0 saturated carbocycles. The Balaban J connectivity index is 1.67. The second kappa shape index (κ2) is 6.52. The Hall–Kier alpha value is -2.17. The lowest BCUT2D eigenvalue weighted by atomic mass is 10.0. The van der Waals surface area contributed by atoms with Crippen LogP contribution in [0.1, 0.15) is 17.4 Å². The van der Waals surface area contributed by atoms with Crippen LogP contribution in [0.2, 0.25) is 0 Å². The Bertz CT molecular complexity index is 804. The van der Waals surface area contributed by atoms with Gasteiger partial charge in [0, 0.05) is 4.88 Å². The molecule has 0 bridgehead atoms. The van der Waals surface area contributed by atoms with Gasteiger partial charge in [0.25, 0.3) is 0 Å². The lowest BCUT2D eigenvalue weighted by Gasteiger charge is -2.22. The van der Waals surface area contributed by atoms with Crippen LogP contribution in [0.25, 0.3) is 10.8 Å². The zero-order valence-corrected chi connectivity index (χ0v) is 13.8. The molecule has 4 heteroatoms. The molecule has 0 fully saturated rings. The smallest absolute Gasteiger partial charge is 0.224 e. The maximum Gasteiger partial charge on any atom is 0.224 e. The molecule has 0 radical (unpaired) electrons. The molecular formula is C19H19NO2S. The predicted octanol–water partition coefficient (Wildman–Crippen LogP) is 3.47. The van der Waals surface area contributed by atoms with Crippen molar-refractivity contribution < 1.29 is 9.90 Å². The number of carbonyl (C=O) groups is 1. The number of hydrogen-bond acceptors (Lipinski definition) is 3. The topological polar surface area (TPSA) is 49.3 Å². The van der Waals surface area contributed by atoms with Crippen LogP contribution in [0.5, 0.6) is 0 Å². The van der Waals surface area contributed by atoms with E-state index in [1.54, 1.807) is 6.92 Å². The van der Waals surface area contributed by atoms with Gasteiger partial charge in [-0.15, -0.1) is 11.3 Å². The van der Waals surface area contributed by atoms with Gasteiger partial charge in [-0.2, -0.15) is 0 Å². The van der Waals surface area contributed by atoms with E-state index >= 15 is 0 Å². The fourth-order valence-electron chi connectivity index (χ4n) is 2.62. The second-order valence-electron chi connectivity index (χ2n) is 5.84. The molecule has 1 unspecified atom stereocenters. The van der Waals surface area contributed by atoms with E-state index < -0.39 is 5.60 Å². The Morgan fingerprint density at radius 1 is 1.13 bits per heavy atom. The van der Waals surface area contributed by atoms with Crippen LogP contribution in [0.15, 0.2) is 60.0 Å². The van der Waals surface area contributed by atoms with E-state index in [1.165, 1.54) is 11.3 Å². The Morgan fingerprint density at radius 2 is 1.91 bits per heavy atom. The van der Waals surface area contributed by atoms with Gasteiger partial charge >= 0.3 is 0 Å². The summed E-state index contributed by atoms with van der Waals surface area (Å²) in [5.74, 6) is -0.0850. The number of carbonyl (C=O) groups excluding carboxylic acids is 1. The standard InChI is InChI=1S/C19H19NO2S/c1-19(22,17-10-5-11-23-17)13-20-18(21)12-15-8-4-7-14-6-2-3-9-16(14)15/h2-11,22H,12-13H2,1H3,(H,20,21). The first kappa shape index (κ1) is 15.7. The maximum absolute atomic E-state index is 12.3. The molecule has 0 aliphatic carbocycles. The molecule has 0 spiro atoms. The van der Waals surface area contributed by atoms with Crippen LogP contribution in [-0.2, 0) is 16.8 Å². The third-order valence-corrected chi connectivity index (χ3v) is 5.04. The van der Waals surface area contributed by atoms with Gasteiger partial charge in [-0.25, -0.2) is 0 Å². The molecule has 23 heavy (non-hydrogen) atoms. The molecule has 118 valence electrons. The summed E-state index contributed by atoms with van der Waals surface area (Å²) in [6.45, 7) is 1.92. The van der Waals surface area contributed by atoms with Gasteiger partial charge in [-0.3, -0.25) is 4.79 Å². The highest BCUT2D eigenvalue weighted by Gasteiger charge is 2.24. The third-order valence-electron chi connectivity index (χ3n) is 3.91. The van der Waals surface area contributed by atoms with Gasteiger partial charge in [-0.05, 0) is 34.7 Å². The SMILES string of the molecule is CC(O)(CNC(=O)Cc1cccc2ccccc12)c1cccs1. The van der Waals surface area contributed by atoms with E-state index in [-0.39, 0.29) is 12.5 Å². The minimum absolute atomic E-state index is 0.0850. The predicted molar refractivity (Wildman–Crippen MR) is 94.6 cm³/mol. The number of nitrogens with one attached hydrogen (secondary N) is 1. The van der Waals surface area contributed by atoms with Crippen LogP contribution in [0, 0.1) is 0 Å². The number of benzene rings is 2. The minimum Gasteiger partial charge on any atom is -0.383 e. The zero-order chi connectivity index (χ0) is 16.3. The molecule has 0 saturated heterocycles. The van der Waals surface area contributed by atoms with Crippen molar-refractivity contribution in [2.45, 2.75) is 18.9 Å². The van der Waals surface area contributed by atoms with Crippen LogP contribution < -0.4 is 5.32 Å². The summed E-state index contributed by atoms with van der Waals surface area (Å²) in [5.41, 5.74) is -0.0425. The van der Waals surface area contributed by atoms with Crippen LogP contribution in [-0.4, -0.2) is 17.6 Å². The van der Waals surface area contributed by atoms with E-state index in [1.807, 2.05) is 60.0 Å². The molecule has 3 aromatic rings. The van der Waals surface area contributed by atoms with Gasteiger partial charge in [0.1, 0.15) is 5.60 Å². The average molecular weight is 325 g/mol. The average Bonchev–Trinajstić information content (AvgIpc) is 3.09. The van der Waals surface area contributed by atoms with Crippen molar-refractivity contribution in [3.8, 4) is 0 Å². The molecule has 3 nitrogen and oxygen atoms in total. The van der Waals surface area contributed by atoms with Crippen molar-refractivity contribution in [2.75, 3.05) is 6.54 Å². The highest BCUT2D eigenvalue weighted by Crippen LogP contribution is 2.24. The highest BCUT2D eigenvalue weighted by atomic mass is 32.1. The molecule has 3 rings (SSSR count). The van der Waals surface area contributed by atoms with E-state index in [4.69, 9.17) is 0 Å². The van der Waals surface area contributed by atoms with Crippen LogP contribution in [0.3, 0.4) is 0 Å². The van der Waals surface area contributed by atoms with E-state index in [0.29, 0.717) is 6.42 Å². The van der Waals surface area contributed by atoms with Crippen molar-refractivity contribution >= 4 is 28.0 Å². The number of rotatable bonds is 5. The highest BCUT2D eigenvalue weighted by molar-refractivity contribution is 7.10. The summed E-state index contributed by atoms with van der Waals surface area (Å²) in [6, 6.07) is 17.8. The molecule has 2 aromatic carbocycles. The first-order valence-corrected chi connectivity index (χ1v) is 8.44. The summed E-state index contributed by atoms with van der Waals surface area (Å²) in [6.07, 6.45) is 0.307. The summed E-state index contributed by atoms with van der Waals surface area (Å²) in [7, 11) is 0. The largest absolute Gasteiger partial charge is 0.383 e. The second-order valence-corrected chi connectivity index (χ2v) is 6.79. The molecule has 1 heterocycles. The molecule has 1 aromatic heterocycles. The molecular weight excluding hydrogens is 306 g/mol. The first-order chi connectivity index (χ1) is 11.1. The lowest BCUT2D eigenvalue weighted by molar-refractivity contribution is -0.121. The monoisotopic (exact) mass is 325 g/mol. The van der Waals surface area contributed by atoms with Gasteiger partial charge in [0.05, 0.1) is 13.0 Å². The van der Waals surface area contributed by atoms with Gasteiger partial charge in [-0.1, -0.05) is 48.5 Å². The maximum atomic E-state index is 12.3. The number of thiophene rings is 1. The quantitative estimate of drug-likeness (QED) is 0.755. The Morgan fingerprint density at radius 3 is 2.70 bits per heavy atom. The summed E-state index contributed by atoms with van der Waals surface area (Å²) in [4.78, 5) is 13.1. The van der Waals surface area contributed by atoms with Crippen LogP contribution >= 0.6 is 11.3 Å². The van der Waals surface area contributed by atoms with E-state index in [2.05, 4.69) is 5.32 Å². The van der Waals surface area contributed by atoms with Crippen molar-refractivity contribution in [1.82, 2.24) is 5.32 Å². The van der Waals surface area contributed by atoms with Crippen molar-refractivity contribution in [3.05, 3.63) is 70.4 Å².